The molecule has 2 heteroatoms. The van der Waals surface area contributed by atoms with Gasteiger partial charge in [-0.1, -0.05) is 111 Å². The first kappa shape index (κ1) is 42.6. The summed E-state index contributed by atoms with van der Waals surface area (Å²) in [4.78, 5) is 2.62. The fourth-order valence-electron chi connectivity index (χ4n) is 7.55. The minimum absolute atomic E-state index is 0.114. The van der Waals surface area contributed by atoms with Gasteiger partial charge in [0.05, 0.1) is 0 Å². The van der Waals surface area contributed by atoms with Crippen LogP contribution in [0, 0.1) is 29.5 Å². The lowest BCUT2D eigenvalue weighted by atomic mass is 9.67. The van der Waals surface area contributed by atoms with Crippen molar-refractivity contribution >= 4 is 0 Å². The molecule has 264 valence electrons. The van der Waals surface area contributed by atoms with Gasteiger partial charge in [-0.3, -0.25) is 4.90 Å². The summed E-state index contributed by atoms with van der Waals surface area (Å²) in [7, 11) is 0. The zero-order valence-electron chi connectivity index (χ0n) is 32.6. The van der Waals surface area contributed by atoms with E-state index >= 15 is 0 Å². The Hall–Kier alpha value is -2.45. The second kappa shape index (κ2) is 20.8. The summed E-state index contributed by atoms with van der Waals surface area (Å²) < 4.78 is 14.0. The van der Waals surface area contributed by atoms with Gasteiger partial charge in [0.1, 0.15) is 5.82 Å². The standard InChI is InChI=1S/C30H40FN.C11H22.C2H6.C2H4/c1-7-8-25-14-23(17-32-18-30(19-32,21(4)5)16-20(2)3)15-27(24-9-10-24)29(25)26-11-12-28(31)22(6)13-26;1-5-8-11(4,9-6-2)10-7-3;2*1-2/h11-15,21,24H,2,7-10,16-19H2,1,3-6H3;5,8H,6-7,9-10H2,1-4H3;1-2H3;1-2H2/b;8-5+;;. The molecule has 1 saturated heterocycles. The van der Waals surface area contributed by atoms with Gasteiger partial charge >= 0.3 is 0 Å². The maximum Gasteiger partial charge on any atom is 0.126 e. The fourth-order valence-corrected chi connectivity index (χ4v) is 7.55. The van der Waals surface area contributed by atoms with Crippen molar-refractivity contribution in [2.24, 2.45) is 16.7 Å². The van der Waals surface area contributed by atoms with Gasteiger partial charge in [-0.15, -0.1) is 19.7 Å². The number of halogens is 1. The lowest BCUT2D eigenvalue weighted by molar-refractivity contribution is -0.0411. The number of benzene rings is 2. The zero-order valence-corrected chi connectivity index (χ0v) is 32.6. The SMILES string of the molecule is C/C=C/C(C)(CCC)CCC.C=C.C=C(C)CC1(C(C)C)CN(Cc2cc(CCC)c(-c3ccc(F)c(C)c3)c(C3CC3)c2)C1.CC. The summed E-state index contributed by atoms with van der Waals surface area (Å²) in [5, 5.41) is 0. The number of hydrogen-bond donors (Lipinski definition) is 0. The van der Waals surface area contributed by atoms with E-state index in [0.717, 1.165) is 44.5 Å². The Morgan fingerprint density at radius 1 is 1.02 bits per heavy atom. The molecule has 1 saturated carbocycles. The third-order valence-corrected chi connectivity index (χ3v) is 9.87. The van der Waals surface area contributed by atoms with Gasteiger partial charge in [0.15, 0.2) is 0 Å². The molecule has 0 spiro atoms. The van der Waals surface area contributed by atoms with Crippen LogP contribution in [0.1, 0.15) is 149 Å². The molecule has 4 rings (SSSR count). The average Bonchev–Trinajstić information content (AvgIpc) is 3.86. The van der Waals surface area contributed by atoms with Crippen molar-refractivity contribution in [1.82, 2.24) is 4.90 Å². The molecule has 1 aliphatic heterocycles. The zero-order chi connectivity index (χ0) is 35.8. The van der Waals surface area contributed by atoms with Gasteiger partial charge in [-0.05, 0) is 122 Å². The second-order valence-electron chi connectivity index (χ2n) is 14.7. The lowest BCUT2D eigenvalue weighted by Gasteiger charge is -2.53. The van der Waals surface area contributed by atoms with E-state index in [1.165, 1.54) is 71.9 Å². The molecule has 0 bridgehead atoms. The van der Waals surface area contributed by atoms with Gasteiger partial charge in [-0.2, -0.15) is 0 Å². The molecule has 2 fully saturated rings. The van der Waals surface area contributed by atoms with Crippen molar-refractivity contribution in [2.75, 3.05) is 13.1 Å². The number of allylic oxidation sites excluding steroid dienone is 3. The van der Waals surface area contributed by atoms with Crippen LogP contribution in [-0.2, 0) is 13.0 Å². The molecule has 0 unspecified atom stereocenters. The highest BCUT2D eigenvalue weighted by Gasteiger charge is 2.44. The molecule has 1 heterocycles. The predicted octanol–water partition coefficient (Wildman–Crippen LogP) is 14.1. The highest BCUT2D eigenvalue weighted by atomic mass is 19.1. The normalized spacial score (nSPS) is 15.5. The number of likely N-dealkylation sites (tertiary alicyclic amines) is 1. The molecule has 0 aromatic heterocycles. The van der Waals surface area contributed by atoms with Crippen molar-refractivity contribution in [3.8, 4) is 11.1 Å². The van der Waals surface area contributed by atoms with Crippen molar-refractivity contribution in [1.29, 1.82) is 0 Å². The summed E-state index contributed by atoms with van der Waals surface area (Å²) in [6.07, 6.45) is 15.7. The first-order chi connectivity index (χ1) is 22.4. The number of aryl methyl sites for hydroxylation is 2. The van der Waals surface area contributed by atoms with Crippen LogP contribution in [0.25, 0.3) is 11.1 Å². The summed E-state index contributed by atoms with van der Waals surface area (Å²) in [5.41, 5.74) is 9.85. The molecule has 0 atom stereocenters. The quantitative estimate of drug-likeness (QED) is 0.185. The molecular formula is C45H72FN. The Morgan fingerprint density at radius 2 is 1.62 bits per heavy atom. The Balaban J connectivity index is 0.000000624. The van der Waals surface area contributed by atoms with Gasteiger partial charge in [0.2, 0.25) is 0 Å². The first-order valence-electron chi connectivity index (χ1n) is 18.8. The van der Waals surface area contributed by atoms with Crippen molar-refractivity contribution in [2.45, 2.75) is 146 Å². The van der Waals surface area contributed by atoms with Gasteiger partial charge in [0.25, 0.3) is 0 Å². The minimum Gasteiger partial charge on any atom is -0.298 e. The Kier molecular flexibility index (Phi) is 18.9. The van der Waals surface area contributed by atoms with Crippen molar-refractivity contribution in [3.05, 3.63) is 95.9 Å². The molecule has 1 aliphatic carbocycles. The third kappa shape index (κ3) is 12.5. The van der Waals surface area contributed by atoms with Crippen LogP contribution in [0.2, 0.25) is 0 Å². The molecule has 2 aromatic rings. The van der Waals surface area contributed by atoms with Crippen LogP contribution in [0.3, 0.4) is 0 Å². The minimum atomic E-state index is -0.114. The van der Waals surface area contributed by atoms with E-state index in [4.69, 9.17) is 0 Å². The summed E-state index contributed by atoms with van der Waals surface area (Å²) >= 11 is 0. The lowest BCUT2D eigenvalue weighted by Crippen LogP contribution is -2.58. The van der Waals surface area contributed by atoms with Crippen LogP contribution in [0.4, 0.5) is 4.39 Å². The van der Waals surface area contributed by atoms with Crippen LogP contribution in [0.15, 0.2) is 67.8 Å². The smallest absolute Gasteiger partial charge is 0.126 e. The van der Waals surface area contributed by atoms with E-state index in [2.05, 4.69) is 104 Å². The highest BCUT2D eigenvalue weighted by molar-refractivity contribution is 5.73. The fraction of sp³-hybridized carbons (Fsp3) is 0.600. The molecule has 2 aliphatic rings. The van der Waals surface area contributed by atoms with E-state index in [1.54, 1.807) is 6.07 Å². The third-order valence-electron chi connectivity index (χ3n) is 9.87. The first-order valence-corrected chi connectivity index (χ1v) is 18.8. The van der Waals surface area contributed by atoms with E-state index < -0.39 is 0 Å². The van der Waals surface area contributed by atoms with E-state index in [1.807, 2.05) is 32.9 Å². The number of hydrogen-bond acceptors (Lipinski definition) is 1. The molecule has 47 heavy (non-hydrogen) atoms. The summed E-state index contributed by atoms with van der Waals surface area (Å²) in [6.45, 7) is 37.6. The topological polar surface area (TPSA) is 3.24 Å². The van der Waals surface area contributed by atoms with Crippen LogP contribution in [-0.4, -0.2) is 18.0 Å². The number of nitrogens with zero attached hydrogens (tertiary/aromatic N) is 1. The highest BCUT2D eigenvalue weighted by Crippen LogP contribution is 2.48. The predicted molar refractivity (Wildman–Crippen MR) is 210 cm³/mol. The van der Waals surface area contributed by atoms with Gasteiger partial charge in [0, 0.05) is 25.0 Å². The molecule has 2 aromatic carbocycles. The summed E-state index contributed by atoms with van der Waals surface area (Å²) in [6, 6.07) is 10.6. The van der Waals surface area contributed by atoms with Crippen LogP contribution in [0.5, 0.6) is 0 Å². The largest absolute Gasteiger partial charge is 0.298 e. The van der Waals surface area contributed by atoms with Crippen molar-refractivity contribution < 1.29 is 4.39 Å². The molecule has 0 N–H and O–H groups in total. The van der Waals surface area contributed by atoms with E-state index in [-0.39, 0.29) is 5.82 Å². The molecular weight excluding hydrogens is 574 g/mol. The van der Waals surface area contributed by atoms with Crippen LogP contribution < -0.4 is 0 Å². The average molecular weight is 646 g/mol. The maximum absolute atomic E-state index is 14.0. The van der Waals surface area contributed by atoms with Crippen molar-refractivity contribution in [3.63, 3.8) is 0 Å². The maximum atomic E-state index is 14.0. The Bertz CT molecular complexity index is 1230. The monoisotopic (exact) mass is 646 g/mol. The van der Waals surface area contributed by atoms with Gasteiger partial charge < -0.3 is 0 Å². The number of rotatable bonds is 14. The molecule has 1 nitrogen and oxygen atoms in total. The second-order valence-corrected chi connectivity index (χ2v) is 14.7. The van der Waals surface area contributed by atoms with E-state index in [9.17, 15) is 4.39 Å². The van der Waals surface area contributed by atoms with E-state index in [0.29, 0.717) is 22.7 Å². The van der Waals surface area contributed by atoms with Gasteiger partial charge in [-0.25, -0.2) is 4.39 Å². The molecule has 0 radical (unpaired) electrons. The molecule has 0 amide bonds. The Morgan fingerprint density at radius 3 is 2.06 bits per heavy atom. The Labute approximate surface area is 291 Å². The summed E-state index contributed by atoms with van der Waals surface area (Å²) in [5.74, 6) is 1.23. The van der Waals surface area contributed by atoms with Crippen LogP contribution >= 0.6 is 0 Å².